The van der Waals surface area contributed by atoms with E-state index in [2.05, 4.69) is 29.4 Å². The summed E-state index contributed by atoms with van der Waals surface area (Å²) in [6.45, 7) is 25.7. The monoisotopic (exact) mass is 954 g/mol. The van der Waals surface area contributed by atoms with Gasteiger partial charge in [-0.1, -0.05) is 39.3 Å². The lowest BCUT2D eigenvalue weighted by Crippen LogP contribution is -2.54. The van der Waals surface area contributed by atoms with Crippen LogP contribution in [-0.4, -0.2) is 128 Å². The maximum atomic E-state index is 12.6. The second-order valence-electron chi connectivity index (χ2n) is 19.8. The highest BCUT2D eigenvalue weighted by atomic mass is 35.5. The molecule has 368 valence electrons. The van der Waals surface area contributed by atoms with Crippen molar-refractivity contribution in [1.82, 2.24) is 29.0 Å². The van der Waals surface area contributed by atoms with E-state index in [1.807, 2.05) is 55.4 Å². The van der Waals surface area contributed by atoms with Crippen molar-refractivity contribution in [3.63, 3.8) is 0 Å². The van der Waals surface area contributed by atoms with Gasteiger partial charge in [-0.3, -0.25) is 9.59 Å². The van der Waals surface area contributed by atoms with Crippen LogP contribution in [0.2, 0.25) is 5.02 Å². The molecule has 2 fully saturated rings. The molecule has 20 nitrogen and oxygen atoms in total. The summed E-state index contributed by atoms with van der Waals surface area (Å²) >= 11 is 6.02. The van der Waals surface area contributed by atoms with E-state index >= 15 is 0 Å². The van der Waals surface area contributed by atoms with Crippen molar-refractivity contribution in [3.8, 4) is 0 Å². The van der Waals surface area contributed by atoms with Crippen LogP contribution in [0.5, 0.6) is 0 Å². The molecular formula is C46H67ClN10O10. The van der Waals surface area contributed by atoms with Crippen LogP contribution in [0.3, 0.4) is 0 Å². The highest BCUT2D eigenvalue weighted by Crippen LogP contribution is 2.35. The number of ether oxygens (including phenoxy) is 4. The molecule has 6 heterocycles. The number of primary amides is 2. The summed E-state index contributed by atoms with van der Waals surface area (Å²) in [5, 5.41) is 11.8. The average molecular weight is 956 g/mol. The summed E-state index contributed by atoms with van der Waals surface area (Å²) in [5.41, 5.74) is 17.9. The number of likely N-dealkylation sites (tertiary alicyclic amines) is 2. The summed E-state index contributed by atoms with van der Waals surface area (Å²) in [7, 11) is 0. The molecule has 2 aliphatic rings. The van der Waals surface area contributed by atoms with Gasteiger partial charge in [-0.05, 0) is 85.8 Å². The summed E-state index contributed by atoms with van der Waals surface area (Å²) in [6, 6.07) is 3.20. The Labute approximate surface area is 396 Å². The minimum Gasteiger partial charge on any atom is -0.462 e. The number of anilines is 1. The van der Waals surface area contributed by atoms with Crippen molar-refractivity contribution in [2.45, 2.75) is 119 Å². The van der Waals surface area contributed by atoms with E-state index in [0.29, 0.717) is 60.4 Å². The highest BCUT2D eigenvalue weighted by molar-refractivity contribution is 6.37. The van der Waals surface area contributed by atoms with Gasteiger partial charge in [-0.25, -0.2) is 28.2 Å². The smallest absolute Gasteiger partial charge is 0.410 e. The van der Waals surface area contributed by atoms with Crippen LogP contribution in [0.4, 0.5) is 15.3 Å². The first-order chi connectivity index (χ1) is 31.0. The van der Waals surface area contributed by atoms with Crippen LogP contribution in [0.1, 0.15) is 137 Å². The van der Waals surface area contributed by atoms with Gasteiger partial charge in [-0.2, -0.15) is 10.2 Å². The predicted octanol–water partition coefficient (Wildman–Crippen LogP) is 6.30. The van der Waals surface area contributed by atoms with Gasteiger partial charge < -0.3 is 51.3 Å². The second-order valence-corrected chi connectivity index (χ2v) is 20.1. The van der Waals surface area contributed by atoms with Crippen LogP contribution in [0.15, 0.2) is 36.9 Å². The van der Waals surface area contributed by atoms with Gasteiger partial charge in [0.15, 0.2) is 0 Å². The quantitative estimate of drug-likeness (QED) is 0.112. The molecule has 21 heteroatoms. The number of nitrogens with two attached hydrogens (primary N) is 3. The lowest BCUT2D eigenvalue weighted by atomic mass is 9.79. The maximum Gasteiger partial charge on any atom is 0.410 e. The first-order valence-corrected chi connectivity index (χ1v) is 22.5. The van der Waals surface area contributed by atoms with Crippen molar-refractivity contribution in [2.75, 3.05) is 44.7 Å². The van der Waals surface area contributed by atoms with Crippen LogP contribution < -0.4 is 22.5 Å². The van der Waals surface area contributed by atoms with Crippen molar-refractivity contribution >= 4 is 64.3 Å². The second kappa shape index (κ2) is 21.2. The molecule has 2 saturated heterocycles. The summed E-state index contributed by atoms with van der Waals surface area (Å²) in [5.74, 6) is -2.25. The molecule has 0 saturated carbocycles. The van der Waals surface area contributed by atoms with Crippen molar-refractivity contribution < 1.29 is 47.7 Å². The number of nitrogens with zero attached hydrogens (tertiary/aromatic N) is 6. The largest absolute Gasteiger partial charge is 0.462 e. The third-order valence-electron chi connectivity index (χ3n) is 10.9. The molecule has 0 aliphatic carbocycles. The molecule has 2 aliphatic heterocycles. The van der Waals surface area contributed by atoms with Crippen molar-refractivity contribution in [1.29, 1.82) is 0 Å². The van der Waals surface area contributed by atoms with Gasteiger partial charge in [0.05, 0.1) is 69.6 Å². The van der Waals surface area contributed by atoms with Gasteiger partial charge in [0.25, 0.3) is 11.8 Å². The van der Waals surface area contributed by atoms with Gasteiger partial charge in [-0.15, -0.1) is 0 Å². The van der Waals surface area contributed by atoms with Gasteiger partial charge >= 0.3 is 24.1 Å². The number of carbonyl (C=O) groups excluding carboxylic acids is 6. The van der Waals surface area contributed by atoms with Crippen molar-refractivity contribution in [3.05, 3.63) is 64.2 Å². The molecule has 67 heavy (non-hydrogen) atoms. The molecule has 4 amide bonds. The number of amides is 4. The van der Waals surface area contributed by atoms with E-state index in [1.54, 1.807) is 35.9 Å². The molecule has 6 rings (SSSR count). The number of fused-ring (bicyclic) bond motifs is 2. The molecule has 0 radical (unpaired) electrons. The van der Waals surface area contributed by atoms with E-state index in [-0.39, 0.29) is 64.5 Å². The molecule has 2 atom stereocenters. The molecule has 4 aromatic heterocycles. The first kappa shape index (κ1) is 53.5. The van der Waals surface area contributed by atoms with Gasteiger partial charge in [0.1, 0.15) is 11.2 Å². The Hall–Kier alpha value is -6.15. The predicted molar refractivity (Wildman–Crippen MR) is 252 cm³/mol. The van der Waals surface area contributed by atoms with Crippen molar-refractivity contribution in [2.24, 2.45) is 28.0 Å². The van der Waals surface area contributed by atoms with E-state index < -0.39 is 35.0 Å². The minimum absolute atomic E-state index is 0.0326. The fourth-order valence-electron chi connectivity index (χ4n) is 7.38. The molecule has 0 aromatic carbocycles. The molecule has 0 bridgehead atoms. The number of esters is 2. The number of rotatable bonds is 8. The minimum atomic E-state index is -0.672. The van der Waals surface area contributed by atoms with E-state index in [4.69, 9.17) is 47.7 Å². The Morgan fingerprint density at radius 2 is 1.15 bits per heavy atom. The Kier molecular flexibility index (Phi) is 16.9. The number of halogens is 1. The lowest BCUT2D eigenvalue weighted by molar-refractivity contribution is 0.00517. The third kappa shape index (κ3) is 13.9. The molecule has 7 N–H and O–H groups in total. The number of aromatic nitrogens is 4. The molecule has 0 spiro atoms. The van der Waals surface area contributed by atoms with Crippen LogP contribution in [-0.2, 0) is 18.9 Å². The molecule has 4 aromatic rings. The van der Waals surface area contributed by atoms with E-state index in [1.165, 1.54) is 33.7 Å². The molecule has 0 unspecified atom stereocenters. The number of carbonyl (C=O) groups is 6. The fraction of sp³-hybridized carbons (Fsp3) is 0.565. The van der Waals surface area contributed by atoms with Gasteiger partial charge in [0.2, 0.25) is 0 Å². The zero-order valence-electron chi connectivity index (χ0n) is 40.7. The third-order valence-corrected chi connectivity index (χ3v) is 11.3. The van der Waals surface area contributed by atoms with Gasteiger partial charge in [0, 0.05) is 56.1 Å². The Bertz CT molecular complexity index is 2470. The average Bonchev–Trinajstić information content (AvgIpc) is 3.85. The van der Waals surface area contributed by atoms with E-state index in [0.717, 1.165) is 6.42 Å². The summed E-state index contributed by atoms with van der Waals surface area (Å²) < 4.78 is 23.7. The Morgan fingerprint density at radius 1 is 0.716 bits per heavy atom. The first-order valence-electron chi connectivity index (χ1n) is 22.1. The van der Waals surface area contributed by atoms with Crippen LogP contribution >= 0.6 is 11.6 Å². The maximum absolute atomic E-state index is 12.6. The number of nitrogens with one attached hydrogen (secondary N) is 1. The topological polar surface area (TPSA) is 271 Å². The molecular weight excluding hydrogens is 888 g/mol. The van der Waals surface area contributed by atoms with Crippen LogP contribution in [0, 0.1) is 10.8 Å². The summed E-state index contributed by atoms with van der Waals surface area (Å²) in [6.07, 6.45) is 6.57. The zero-order chi connectivity index (χ0) is 50.4. The summed E-state index contributed by atoms with van der Waals surface area (Å²) in [4.78, 5) is 74.9. The van der Waals surface area contributed by atoms with Crippen LogP contribution in [0.25, 0.3) is 11.0 Å². The highest BCUT2D eigenvalue weighted by Gasteiger charge is 2.40. The number of hydrogen-bond donors (Lipinski definition) is 4. The Morgan fingerprint density at radius 3 is 1.58 bits per heavy atom. The standard InChI is InChI=1S/C23H33N5O5.C12H24N2O2.C11H10ClN3O3/c1-7-32-20(30)14-10-16-18(15(19(24)29)11-25-28(16)12-14)26-17-8-9-27(13-23(17,5)6)21(31)33-22(2,3)4;1-11(2,3)16-10(15)14-7-6-9(13)12(4,5)8-14;1-2-18-11(17)6-3-8-9(12)7(10(13)16)4-14-15(8)5-6/h10-12,17,26H,7-9,13H2,1-6H3,(H2,24,29);9H,6-8,13H2,1-5H3;3-5H,2H2,1H3,(H2,13,16)/t17-;9-;/m11./s1. The lowest BCUT2D eigenvalue weighted by Gasteiger charge is -2.45. The zero-order valence-corrected chi connectivity index (χ0v) is 41.4. The SMILES string of the molecule is CC(C)(C)OC(=O)N1CC[C@@H](N)C(C)(C)C1.CCOC(=O)c1cc2c(Cl)c(C(N)=O)cnn2c1.CCOC(=O)c1cc2c(N[C@@H]3CCN(C(=O)OC(C)(C)C)CC3(C)C)c(C(N)=O)cnn2c1. The Balaban J connectivity index is 0.000000242. The fourth-order valence-corrected chi connectivity index (χ4v) is 7.67. The normalized spacial score (nSPS) is 17.8. The number of piperidine rings is 2. The van der Waals surface area contributed by atoms with E-state index in [9.17, 15) is 28.8 Å². The number of hydrogen-bond acceptors (Lipinski definition) is 14.